The fraction of sp³-hybridized carbons (Fsp3) is 0.167. The summed E-state index contributed by atoms with van der Waals surface area (Å²) in [5.74, 6) is -0.208. The number of benzene rings is 3. The molecule has 1 aliphatic heterocycles. The van der Waals surface area contributed by atoms with Gasteiger partial charge in [-0.25, -0.2) is 4.39 Å². The van der Waals surface area contributed by atoms with Crippen LogP contribution in [0.1, 0.15) is 27.0 Å². The van der Waals surface area contributed by atoms with Crippen LogP contribution in [-0.4, -0.2) is 18.4 Å². The van der Waals surface area contributed by atoms with E-state index < -0.39 is 0 Å². The van der Waals surface area contributed by atoms with Crippen LogP contribution in [0.3, 0.4) is 0 Å². The number of carbonyl (C=O) groups excluding carboxylic acids is 2. The second-order valence-electron chi connectivity index (χ2n) is 7.33. The van der Waals surface area contributed by atoms with Gasteiger partial charge in [-0.05, 0) is 73.0 Å². The smallest absolute Gasteiger partial charge is 0.265 e. The first kappa shape index (κ1) is 19.6. The quantitative estimate of drug-likeness (QED) is 0.690. The third-order valence-corrected chi connectivity index (χ3v) is 5.18. The van der Waals surface area contributed by atoms with Gasteiger partial charge in [-0.2, -0.15) is 0 Å². The Morgan fingerprint density at radius 3 is 2.53 bits per heavy atom. The topological polar surface area (TPSA) is 58.6 Å². The van der Waals surface area contributed by atoms with E-state index in [1.54, 1.807) is 41.3 Å². The molecule has 0 spiro atoms. The summed E-state index contributed by atoms with van der Waals surface area (Å²) in [6, 6.07) is 16.7. The first-order valence-corrected chi connectivity index (χ1v) is 9.61. The maximum absolute atomic E-state index is 13.2. The van der Waals surface area contributed by atoms with Crippen LogP contribution in [0.5, 0.6) is 5.75 Å². The molecule has 0 saturated carbocycles. The minimum atomic E-state index is -0.330. The number of nitrogens with one attached hydrogen (secondary N) is 1. The SMILES string of the molecule is Cc1ccc(C(=O)Nc2ccc3c(c2)N(Cc2ccc(F)cc2)C(=O)CO3)cc1C. The first-order chi connectivity index (χ1) is 14.4. The van der Waals surface area contributed by atoms with Gasteiger partial charge in [0, 0.05) is 11.3 Å². The normalized spacial score (nSPS) is 12.9. The summed E-state index contributed by atoms with van der Waals surface area (Å²) in [4.78, 5) is 26.7. The Labute approximate surface area is 174 Å². The molecule has 0 atom stereocenters. The van der Waals surface area contributed by atoms with Crippen molar-refractivity contribution in [2.45, 2.75) is 20.4 Å². The summed E-state index contributed by atoms with van der Waals surface area (Å²) >= 11 is 0. The van der Waals surface area contributed by atoms with Gasteiger partial charge < -0.3 is 15.0 Å². The van der Waals surface area contributed by atoms with Gasteiger partial charge in [-0.3, -0.25) is 9.59 Å². The summed E-state index contributed by atoms with van der Waals surface area (Å²) in [6.07, 6.45) is 0. The molecule has 0 aromatic heterocycles. The molecule has 0 saturated heterocycles. The third kappa shape index (κ3) is 4.03. The molecule has 0 aliphatic carbocycles. The number of carbonyl (C=O) groups is 2. The van der Waals surface area contributed by atoms with E-state index in [1.165, 1.54) is 12.1 Å². The summed E-state index contributed by atoms with van der Waals surface area (Å²) in [6.45, 7) is 4.17. The van der Waals surface area contributed by atoms with E-state index >= 15 is 0 Å². The molecule has 3 aromatic rings. The van der Waals surface area contributed by atoms with E-state index in [0.717, 1.165) is 16.7 Å². The van der Waals surface area contributed by atoms with E-state index in [0.29, 0.717) is 22.7 Å². The van der Waals surface area contributed by atoms with Crippen molar-refractivity contribution in [3.63, 3.8) is 0 Å². The van der Waals surface area contributed by atoms with Crippen molar-refractivity contribution in [2.75, 3.05) is 16.8 Å². The molecule has 30 heavy (non-hydrogen) atoms. The molecule has 1 heterocycles. The summed E-state index contributed by atoms with van der Waals surface area (Å²) in [7, 11) is 0. The number of fused-ring (bicyclic) bond motifs is 1. The summed E-state index contributed by atoms with van der Waals surface area (Å²) < 4.78 is 18.7. The van der Waals surface area contributed by atoms with Gasteiger partial charge in [-0.15, -0.1) is 0 Å². The second kappa shape index (κ2) is 7.99. The molecule has 5 nitrogen and oxygen atoms in total. The second-order valence-corrected chi connectivity index (χ2v) is 7.33. The minimum Gasteiger partial charge on any atom is -0.482 e. The lowest BCUT2D eigenvalue weighted by Gasteiger charge is -2.30. The molecule has 2 amide bonds. The third-order valence-electron chi connectivity index (χ3n) is 5.18. The monoisotopic (exact) mass is 404 g/mol. The first-order valence-electron chi connectivity index (χ1n) is 9.61. The van der Waals surface area contributed by atoms with Crippen LogP contribution < -0.4 is 15.0 Å². The van der Waals surface area contributed by atoms with Crippen LogP contribution in [-0.2, 0) is 11.3 Å². The number of ether oxygens (including phenoxy) is 1. The number of amides is 2. The van der Waals surface area contributed by atoms with E-state index in [9.17, 15) is 14.0 Å². The number of hydrogen-bond acceptors (Lipinski definition) is 3. The van der Waals surface area contributed by atoms with Crippen LogP contribution >= 0.6 is 0 Å². The molecule has 0 bridgehead atoms. The minimum absolute atomic E-state index is 0.0669. The lowest BCUT2D eigenvalue weighted by Crippen LogP contribution is -2.38. The highest BCUT2D eigenvalue weighted by atomic mass is 19.1. The molecule has 4 rings (SSSR count). The van der Waals surface area contributed by atoms with Crippen molar-refractivity contribution in [3.8, 4) is 5.75 Å². The van der Waals surface area contributed by atoms with Crippen LogP contribution in [0.15, 0.2) is 60.7 Å². The Morgan fingerprint density at radius 1 is 1.03 bits per heavy atom. The zero-order chi connectivity index (χ0) is 21.3. The zero-order valence-electron chi connectivity index (χ0n) is 16.7. The largest absolute Gasteiger partial charge is 0.482 e. The predicted molar refractivity (Wildman–Crippen MR) is 113 cm³/mol. The number of rotatable bonds is 4. The highest BCUT2D eigenvalue weighted by Gasteiger charge is 2.26. The van der Waals surface area contributed by atoms with Crippen LogP contribution in [0.25, 0.3) is 0 Å². The molecule has 1 aliphatic rings. The van der Waals surface area contributed by atoms with Crippen molar-refractivity contribution < 1.29 is 18.7 Å². The Kier molecular flexibility index (Phi) is 5.23. The van der Waals surface area contributed by atoms with Gasteiger partial charge in [0.05, 0.1) is 12.2 Å². The molecule has 0 unspecified atom stereocenters. The average molecular weight is 404 g/mol. The fourth-order valence-corrected chi connectivity index (χ4v) is 3.31. The molecule has 6 heteroatoms. The van der Waals surface area contributed by atoms with Gasteiger partial charge in [0.1, 0.15) is 11.6 Å². The van der Waals surface area contributed by atoms with Gasteiger partial charge >= 0.3 is 0 Å². The van der Waals surface area contributed by atoms with Crippen molar-refractivity contribution in [1.29, 1.82) is 0 Å². The van der Waals surface area contributed by atoms with Gasteiger partial charge in [0.2, 0.25) is 0 Å². The number of anilines is 2. The number of nitrogens with zero attached hydrogens (tertiary/aromatic N) is 1. The van der Waals surface area contributed by atoms with E-state index in [-0.39, 0.29) is 30.8 Å². The van der Waals surface area contributed by atoms with Crippen molar-refractivity contribution in [1.82, 2.24) is 0 Å². The lowest BCUT2D eigenvalue weighted by atomic mass is 10.1. The molecule has 3 aromatic carbocycles. The van der Waals surface area contributed by atoms with Crippen molar-refractivity contribution in [2.24, 2.45) is 0 Å². The molecular weight excluding hydrogens is 383 g/mol. The van der Waals surface area contributed by atoms with Crippen LogP contribution in [0, 0.1) is 19.7 Å². The Morgan fingerprint density at radius 2 is 1.80 bits per heavy atom. The molecule has 0 fully saturated rings. The highest BCUT2D eigenvalue weighted by molar-refractivity contribution is 6.05. The Balaban J connectivity index is 1.59. The number of hydrogen-bond donors (Lipinski definition) is 1. The summed E-state index contributed by atoms with van der Waals surface area (Å²) in [5.41, 5.74) is 4.63. The van der Waals surface area contributed by atoms with Crippen molar-refractivity contribution in [3.05, 3.63) is 88.7 Å². The van der Waals surface area contributed by atoms with E-state index in [4.69, 9.17) is 4.74 Å². The van der Waals surface area contributed by atoms with E-state index in [2.05, 4.69) is 5.32 Å². The Hall–Kier alpha value is -3.67. The van der Waals surface area contributed by atoms with E-state index in [1.807, 2.05) is 26.0 Å². The standard InChI is InChI=1S/C24H21FN2O3/c1-15-3-6-18(11-16(15)2)24(29)26-20-9-10-22-21(12-20)27(23(28)14-30-22)13-17-4-7-19(25)8-5-17/h3-12H,13-14H2,1-2H3,(H,26,29). The molecule has 152 valence electrons. The van der Waals surface area contributed by atoms with Crippen LogP contribution in [0.4, 0.5) is 15.8 Å². The molecule has 0 radical (unpaired) electrons. The molecular formula is C24H21FN2O3. The highest BCUT2D eigenvalue weighted by Crippen LogP contribution is 2.35. The van der Waals surface area contributed by atoms with Crippen molar-refractivity contribution >= 4 is 23.2 Å². The predicted octanol–water partition coefficient (Wildman–Crippen LogP) is 4.62. The van der Waals surface area contributed by atoms with Gasteiger partial charge in [-0.1, -0.05) is 18.2 Å². The maximum atomic E-state index is 13.2. The molecule has 1 N–H and O–H groups in total. The average Bonchev–Trinajstić information content (AvgIpc) is 2.73. The van der Waals surface area contributed by atoms with Gasteiger partial charge in [0.15, 0.2) is 6.61 Å². The van der Waals surface area contributed by atoms with Gasteiger partial charge in [0.25, 0.3) is 11.8 Å². The number of aryl methyl sites for hydroxylation is 2. The fourth-order valence-electron chi connectivity index (χ4n) is 3.31. The number of halogens is 1. The lowest BCUT2D eigenvalue weighted by molar-refractivity contribution is -0.121. The maximum Gasteiger partial charge on any atom is 0.265 e. The summed E-state index contributed by atoms with van der Waals surface area (Å²) in [5, 5.41) is 2.88. The zero-order valence-corrected chi connectivity index (χ0v) is 16.7. The Bertz CT molecular complexity index is 1130. The van der Waals surface area contributed by atoms with Crippen LogP contribution in [0.2, 0.25) is 0 Å².